The van der Waals surface area contributed by atoms with E-state index < -0.39 is 0 Å². The molecular formula is C21H34IN5O4. The Kier molecular flexibility index (Phi) is 12.1. The van der Waals surface area contributed by atoms with Gasteiger partial charge in [0.05, 0.1) is 26.3 Å². The number of benzene rings is 1. The van der Waals surface area contributed by atoms with Crippen LogP contribution in [0.1, 0.15) is 12.1 Å². The number of likely N-dealkylation sites (N-methyl/N-ethyl adjacent to an activating group) is 1. The molecule has 0 saturated heterocycles. The van der Waals surface area contributed by atoms with E-state index in [9.17, 15) is 4.79 Å². The Balaban J connectivity index is 0.00000480. The Labute approximate surface area is 200 Å². The molecule has 1 aromatic carbocycles. The Bertz CT molecular complexity index is 854. The first-order chi connectivity index (χ1) is 14.5. The highest BCUT2D eigenvalue weighted by molar-refractivity contribution is 14.0. The summed E-state index contributed by atoms with van der Waals surface area (Å²) in [7, 11) is 8.38. The van der Waals surface area contributed by atoms with Crippen LogP contribution in [0.5, 0.6) is 11.5 Å². The number of aryl methyl sites for hydroxylation is 1. The Morgan fingerprint density at radius 2 is 1.84 bits per heavy atom. The van der Waals surface area contributed by atoms with Crippen molar-refractivity contribution >= 4 is 46.7 Å². The van der Waals surface area contributed by atoms with Gasteiger partial charge in [-0.25, -0.2) is 4.99 Å². The number of methoxy groups -OCH3 is 3. The van der Waals surface area contributed by atoms with Crippen LogP contribution in [0, 0.1) is 0 Å². The third kappa shape index (κ3) is 8.44. The predicted octanol–water partition coefficient (Wildman–Crippen LogP) is 2.01. The zero-order valence-corrected chi connectivity index (χ0v) is 21.2. The van der Waals surface area contributed by atoms with E-state index >= 15 is 0 Å². The third-order valence-corrected chi connectivity index (χ3v) is 4.57. The van der Waals surface area contributed by atoms with E-state index in [0.29, 0.717) is 25.7 Å². The second-order valence-electron chi connectivity index (χ2n) is 6.99. The Morgan fingerprint density at radius 3 is 2.48 bits per heavy atom. The lowest BCUT2D eigenvalue weighted by molar-refractivity contribution is -0.127. The summed E-state index contributed by atoms with van der Waals surface area (Å²) < 4.78 is 15.9. The van der Waals surface area contributed by atoms with Gasteiger partial charge in [0, 0.05) is 57.5 Å². The normalized spacial score (nSPS) is 11.1. The lowest BCUT2D eigenvalue weighted by atomic mass is 10.2. The first-order valence-corrected chi connectivity index (χ1v) is 9.93. The predicted molar refractivity (Wildman–Crippen MR) is 134 cm³/mol. The van der Waals surface area contributed by atoms with Gasteiger partial charge in [-0.05, 0) is 18.9 Å². The van der Waals surface area contributed by atoms with Crippen molar-refractivity contribution in [3.8, 4) is 11.5 Å². The number of halogens is 1. The summed E-state index contributed by atoms with van der Waals surface area (Å²) in [5.41, 5.74) is 2.10. The molecule has 0 saturated carbocycles. The van der Waals surface area contributed by atoms with Crippen LogP contribution in [-0.4, -0.2) is 83.4 Å². The van der Waals surface area contributed by atoms with E-state index in [0.717, 1.165) is 40.9 Å². The van der Waals surface area contributed by atoms with Crippen molar-refractivity contribution in [1.82, 2.24) is 20.5 Å². The van der Waals surface area contributed by atoms with Gasteiger partial charge < -0.3 is 34.7 Å². The maximum Gasteiger partial charge on any atom is 0.243 e. The minimum Gasteiger partial charge on any atom is -0.497 e. The zero-order chi connectivity index (χ0) is 21.9. The van der Waals surface area contributed by atoms with E-state index in [-0.39, 0.29) is 36.4 Å². The lowest BCUT2D eigenvalue weighted by Crippen LogP contribution is -2.40. The van der Waals surface area contributed by atoms with Crippen molar-refractivity contribution in [2.45, 2.75) is 12.8 Å². The van der Waals surface area contributed by atoms with E-state index in [1.54, 1.807) is 35.4 Å². The second kappa shape index (κ2) is 14.0. The first kappa shape index (κ1) is 26.8. The quantitative estimate of drug-likeness (QED) is 0.172. The van der Waals surface area contributed by atoms with Crippen molar-refractivity contribution in [2.75, 3.05) is 61.7 Å². The molecule has 1 aromatic heterocycles. The summed E-state index contributed by atoms with van der Waals surface area (Å²) in [6.45, 7) is 1.98. The fourth-order valence-corrected chi connectivity index (χ4v) is 2.88. The van der Waals surface area contributed by atoms with Gasteiger partial charge in [-0.15, -0.1) is 24.0 Å². The molecule has 31 heavy (non-hydrogen) atoms. The Hall–Kier alpha value is -2.21. The Morgan fingerprint density at radius 1 is 1.10 bits per heavy atom. The maximum atomic E-state index is 11.8. The number of nitrogens with one attached hydrogen (secondary N) is 3. The molecule has 0 radical (unpaired) electrons. The van der Waals surface area contributed by atoms with Crippen LogP contribution in [-0.2, 0) is 16.0 Å². The molecule has 0 aliphatic carbocycles. The van der Waals surface area contributed by atoms with Crippen molar-refractivity contribution < 1.29 is 19.0 Å². The molecule has 2 aromatic rings. The smallest absolute Gasteiger partial charge is 0.243 e. The molecule has 10 heteroatoms. The van der Waals surface area contributed by atoms with Crippen LogP contribution in [0.2, 0.25) is 0 Å². The van der Waals surface area contributed by atoms with Gasteiger partial charge in [0.15, 0.2) is 5.96 Å². The fraction of sp³-hybridized carbons (Fsp3) is 0.524. The molecule has 0 atom stereocenters. The number of aromatic amines is 1. The monoisotopic (exact) mass is 547 g/mol. The number of carbonyl (C=O) groups is 1. The molecule has 3 N–H and O–H groups in total. The third-order valence-electron chi connectivity index (χ3n) is 4.57. The number of ether oxygens (including phenoxy) is 3. The van der Waals surface area contributed by atoms with E-state index in [2.05, 4.69) is 26.7 Å². The van der Waals surface area contributed by atoms with Gasteiger partial charge in [0.2, 0.25) is 5.91 Å². The molecular weight excluding hydrogens is 513 g/mol. The van der Waals surface area contributed by atoms with Crippen LogP contribution < -0.4 is 20.1 Å². The molecule has 1 amide bonds. The average Bonchev–Trinajstić information content (AvgIpc) is 3.16. The molecule has 0 bridgehead atoms. The number of hydrogen-bond donors (Lipinski definition) is 3. The van der Waals surface area contributed by atoms with E-state index in [4.69, 9.17) is 14.2 Å². The number of guanidine groups is 1. The zero-order valence-electron chi connectivity index (χ0n) is 18.9. The number of hydrogen-bond acceptors (Lipinski definition) is 5. The van der Waals surface area contributed by atoms with Crippen LogP contribution in [0.25, 0.3) is 10.9 Å². The van der Waals surface area contributed by atoms with Crippen molar-refractivity contribution in [3.05, 3.63) is 23.9 Å². The van der Waals surface area contributed by atoms with E-state index in [1.165, 1.54) is 4.90 Å². The highest BCUT2D eigenvalue weighted by atomic mass is 127. The second-order valence-corrected chi connectivity index (χ2v) is 6.99. The molecule has 2 rings (SSSR count). The molecule has 0 fully saturated rings. The fourth-order valence-electron chi connectivity index (χ4n) is 2.88. The number of nitrogens with zero attached hydrogens (tertiary/aromatic N) is 2. The standard InChI is InChI=1S/C21H33N5O4.HI/c1-26(2)20(27)14-24-21(23-9-10-28-3)22-8-6-7-15-11-17-18(25-15)12-16(29-4)13-19(17)30-5;/h11-13,25H,6-10,14H2,1-5H3,(H2,22,23,24);1H. The molecule has 1 heterocycles. The summed E-state index contributed by atoms with van der Waals surface area (Å²) in [5.74, 6) is 2.09. The van der Waals surface area contributed by atoms with Crippen LogP contribution in [0.15, 0.2) is 23.2 Å². The number of aromatic nitrogens is 1. The molecule has 0 aliphatic heterocycles. The average molecular weight is 547 g/mol. The molecule has 0 spiro atoms. The topological polar surface area (TPSA) is 100 Å². The summed E-state index contributed by atoms with van der Waals surface area (Å²) in [6.07, 6.45) is 1.74. The lowest BCUT2D eigenvalue weighted by Gasteiger charge is -2.13. The van der Waals surface area contributed by atoms with Crippen molar-refractivity contribution in [3.63, 3.8) is 0 Å². The molecule has 0 unspecified atom stereocenters. The van der Waals surface area contributed by atoms with Gasteiger partial charge in [-0.3, -0.25) is 4.79 Å². The molecule has 9 nitrogen and oxygen atoms in total. The summed E-state index contributed by atoms with van der Waals surface area (Å²) in [4.78, 5) is 21.1. The number of aliphatic imine (C=N–C) groups is 1. The first-order valence-electron chi connectivity index (χ1n) is 9.93. The molecule has 0 aliphatic rings. The number of fused-ring (bicyclic) bond motifs is 1. The minimum atomic E-state index is -0.0507. The highest BCUT2D eigenvalue weighted by Gasteiger charge is 2.09. The highest BCUT2D eigenvalue weighted by Crippen LogP contribution is 2.31. The van der Waals surface area contributed by atoms with Gasteiger partial charge in [0.1, 0.15) is 18.0 Å². The van der Waals surface area contributed by atoms with Crippen LogP contribution >= 0.6 is 24.0 Å². The van der Waals surface area contributed by atoms with Gasteiger partial charge in [0.25, 0.3) is 0 Å². The summed E-state index contributed by atoms with van der Waals surface area (Å²) in [6, 6.07) is 5.95. The number of amides is 1. The van der Waals surface area contributed by atoms with Crippen LogP contribution in [0.3, 0.4) is 0 Å². The van der Waals surface area contributed by atoms with Crippen molar-refractivity contribution in [1.29, 1.82) is 0 Å². The maximum absolute atomic E-state index is 11.8. The van der Waals surface area contributed by atoms with Crippen molar-refractivity contribution in [2.24, 2.45) is 4.99 Å². The van der Waals surface area contributed by atoms with E-state index in [1.807, 2.05) is 12.1 Å². The SMILES string of the molecule is COCCNC(=NCC(=O)N(C)C)NCCCc1cc2c(OC)cc(OC)cc2[nH]1.I. The summed E-state index contributed by atoms with van der Waals surface area (Å²) >= 11 is 0. The molecule has 174 valence electrons. The van der Waals surface area contributed by atoms with Gasteiger partial charge in [-0.1, -0.05) is 0 Å². The largest absolute Gasteiger partial charge is 0.497 e. The van der Waals surface area contributed by atoms with Gasteiger partial charge >= 0.3 is 0 Å². The number of carbonyl (C=O) groups excluding carboxylic acids is 1. The number of rotatable bonds is 11. The van der Waals surface area contributed by atoms with Gasteiger partial charge in [-0.2, -0.15) is 0 Å². The van der Waals surface area contributed by atoms with Crippen LogP contribution in [0.4, 0.5) is 0 Å². The minimum absolute atomic E-state index is 0. The number of H-pyrrole nitrogens is 1. The summed E-state index contributed by atoms with van der Waals surface area (Å²) in [5, 5.41) is 7.47.